The van der Waals surface area contributed by atoms with Crippen molar-refractivity contribution in [3.63, 3.8) is 0 Å². The molecule has 0 bridgehead atoms. The maximum Gasteiger partial charge on any atom is 0.112 e. The molecular weight excluding hydrogens is 320 g/mol. The van der Waals surface area contributed by atoms with Gasteiger partial charge in [-0.2, -0.15) is 0 Å². The van der Waals surface area contributed by atoms with Crippen molar-refractivity contribution in [1.82, 2.24) is 0 Å². The molecule has 0 aliphatic rings. The fourth-order valence-corrected chi connectivity index (χ4v) is 2.83. The van der Waals surface area contributed by atoms with Crippen molar-refractivity contribution in [2.24, 2.45) is 0 Å². The van der Waals surface area contributed by atoms with Crippen molar-refractivity contribution in [3.8, 4) is 0 Å². The molecule has 3 aromatic carbocycles. The normalized spacial score (nSPS) is 12.7. The lowest BCUT2D eigenvalue weighted by molar-refractivity contribution is 0.181. The highest BCUT2D eigenvalue weighted by atomic mass is 16.3. The number of aliphatic hydroxyl groups excluding tert-OH is 2. The van der Waals surface area contributed by atoms with E-state index in [9.17, 15) is 10.2 Å². The lowest BCUT2D eigenvalue weighted by Gasteiger charge is -2.14. The quantitative estimate of drug-likeness (QED) is 0.613. The molecule has 3 aromatic rings. The first-order chi connectivity index (χ1) is 12.8. The summed E-state index contributed by atoms with van der Waals surface area (Å²) in [7, 11) is 0. The zero-order chi connectivity index (χ0) is 18.2. The van der Waals surface area contributed by atoms with E-state index in [-0.39, 0.29) is 0 Å². The Hall–Kier alpha value is -2.90. The third-order valence-electron chi connectivity index (χ3n) is 4.26. The molecule has 0 aliphatic carbocycles. The molecule has 3 rings (SSSR count). The lowest BCUT2D eigenvalue weighted by Crippen LogP contribution is -2.00. The Morgan fingerprint density at radius 1 is 0.731 bits per heavy atom. The number of rotatable bonds is 6. The molecule has 0 fully saturated rings. The van der Waals surface area contributed by atoms with E-state index in [1.165, 1.54) is 0 Å². The van der Waals surface area contributed by atoms with E-state index in [1.54, 1.807) is 6.08 Å². The summed E-state index contributed by atoms with van der Waals surface area (Å²) in [6.07, 6.45) is 0.867. The van der Waals surface area contributed by atoms with Gasteiger partial charge in [0.15, 0.2) is 0 Å². The minimum atomic E-state index is -0.774. The highest BCUT2D eigenvalue weighted by Crippen LogP contribution is 2.29. The largest absolute Gasteiger partial charge is 0.388 e. The number of hydrogen-bond donors (Lipinski definition) is 2. The minimum Gasteiger partial charge on any atom is -0.388 e. The molecular formula is C24H22O2. The van der Waals surface area contributed by atoms with E-state index >= 15 is 0 Å². The molecule has 0 saturated heterocycles. The van der Waals surface area contributed by atoms with Crippen LogP contribution in [0.4, 0.5) is 0 Å². The standard InChI is InChI=1S/C24H22O2/c25-23(20-13-6-2-7-14-20)18-10-17-22(19-11-4-1-5-12-19)24(26)21-15-8-3-9-16-21/h1-16,23-26H,18H2. The van der Waals surface area contributed by atoms with Gasteiger partial charge in [-0.15, -0.1) is 5.73 Å². The van der Waals surface area contributed by atoms with Crippen molar-refractivity contribution in [2.45, 2.75) is 18.6 Å². The highest BCUT2D eigenvalue weighted by molar-refractivity contribution is 5.69. The van der Waals surface area contributed by atoms with Gasteiger partial charge in [-0.25, -0.2) is 0 Å². The lowest BCUT2D eigenvalue weighted by atomic mass is 9.95. The zero-order valence-electron chi connectivity index (χ0n) is 14.5. The molecule has 2 nitrogen and oxygen atoms in total. The first kappa shape index (κ1) is 17.9. The van der Waals surface area contributed by atoms with E-state index in [0.717, 1.165) is 16.7 Å². The molecule has 0 heterocycles. The first-order valence-electron chi connectivity index (χ1n) is 8.72. The molecule has 0 aromatic heterocycles. The van der Waals surface area contributed by atoms with E-state index in [4.69, 9.17) is 0 Å². The SMILES string of the molecule is OC(CC=C=C(c1ccccc1)C(O)c1ccccc1)c1ccccc1. The predicted octanol–water partition coefficient (Wildman–Crippen LogP) is 5.08. The molecule has 2 unspecified atom stereocenters. The molecule has 0 amide bonds. The maximum atomic E-state index is 10.8. The molecule has 2 atom stereocenters. The van der Waals surface area contributed by atoms with Gasteiger partial charge in [-0.3, -0.25) is 0 Å². The predicted molar refractivity (Wildman–Crippen MR) is 105 cm³/mol. The van der Waals surface area contributed by atoms with Crippen molar-refractivity contribution in [2.75, 3.05) is 0 Å². The van der Waals surface area contributed by atoms with E-state index in [1.807, 2.05) is 91.0 Å². The van der Waals surface area contributed by atoms with Gasteiger partial charge in [0.2, 0.25) is 0 Å². The summed E-state index contributed by atoms with van der Waals surface area (Å²) in [6, 6.07) is 28.8. The van der Waals surface area contributed by atoms with Crippen LogP contribution in [0.2, 0.25) is 0 Å². The summed E-state index contributed by atoms with van der Waals surface area (Å²) in [5.41, 5.74) is 6.51. The molecule has 2 heteroatoms. The first-order valence-corrected chi connectivity index (χ1v) is 8.72. The molecule has 2 N–H and O–H groups in total. The van der Waals surface area contributed by atoms with Gasteiger partial charge in [0, 0.05) is 12.0 Å². The van der Waals surface area contributed by atoms with Crippen molar-refractivity contribution in [3.05, 3.63) is 119 Å². The Balaban J connectivity index is 1.89. The Morgan fingerprint density at radius 3 is 1.81 bits per heavy atom. The topological polar surface area (TPSA) is 40.5 Å². The van der Waals surface area contributed by atoms with Crippen molar-refractivity contribution < 1.29 is 10.2 Å². The number of aliphatic hydroxyl groups is 2. The monoisotopic (exact) mass is 342 g/mol. The van der Waals surface area contributed by atoms with Crippen LogP contribution in [0.25, 0.3) is 5.57 Å². The van der Waals surface area contributed by atoms with Gasteiger partial charge in [0.1, 0.15) is 6.10 Å². The van der Waals surface area contributed by atoms with Crippen molar-refractivity contribution >= 4 is 5.57 Å². The molecule has 26 heavy (non-hydrogen) atoms. The minimum absolute atomic E-state index is 0.432. The van der Waals surface area contributed by atoms with Crippen LogP contribution < -0.4 is 0 Å². The zero-order valence-corrected chi connectivity index (χ0v) is 14.5. The van der Waals surface area contributed by atoms with Crippen LogP contribution in [-0.2, 0) is 0 Å². The van der Waals surface area contributed by atoms with E-state index < -0.39 is 12.2 Å². The fraction of sp³-hybridized carbons (Fsp3) is 0.125. The molecule has 130 valence electrons. The Bertz CT molecular complexity index is 864. The van der Waals surface area contributed by atoms with Gasteiger partial charge in [0.05, 0.1) is 6.10 Å². The Kier molecular flexibility index (Phi) is 6.19. The van der Waals surface area contributed by atoms with Crippen LogP contribution in [0.15, 0.2) is 103 Å². The van der Waals surface area contributed by atoms with Gasteiger partial charge < -0.3 is 10.2 Å². The smallest absolute Gasteiger partial charge is 0.112 e. The van der Waals surface area contributed by atoms with E-state index in [0.29, 0.717) is 12.0 Å². The summed E-state index contributed by atoms with van der Waals surface area (Å²) in [4.78, 5) is 0. The van der Waals surface area contributed by atoms with Gasteiger partial charge >= 0.3 is 0 Å². The average Bonchev–Trinajstić information content (AvgIpc) is 2.72. The van der Waals surface area contributed by atoms with Gasteiger partial charge in [-0.1, -0.05) is 91.0 Å². The van der Waals surface area contributed by atoms with Crippen LogP contribution in [-0.4, -0.2) is 10.2 Å². The second-order valence-corrected chi connectivity index (χ2v) is 6.10. The second kappa shape index (κ2) is 8.98. The third-order valence-corrected chi connectivity index (χ3v) is 4.26. The highest BCUT2D eigenvalue weighted by Gasteiger charge is 2.14. The molecule has 0 radical (unpaired) electrons. The van der Waals surface area contributed by atoms with Crippen LogP contribution in [0.1, 0.15) is 35.3 Å². The second-order valence-electron chi connectivity index (χ2n) is 6.10. The summed E-state index contributed by atoms with van der Waals surface area (Å²) >= 11 is 0. The molecule has 0 spiro atoms. The van der Waals surface area contributed by atoms with Crippen LogP contribution in [0, 0.1) is 0 Å². The van der Waals surface area contributed by atoms with Crippen LogP contribution in [0.3, 0.4) is 0 Å². The Labute approximate surface area is 154 Å². The number of hydrogen-bond acceptors (Lipinski definition) is 2. The van der Waals surface area contributed by atoms with Gasteiger partial charge in [-0.05, 0) is 22.8 Å². The average molecular weight is 342 g/mol. The summed E-state index contributed by atoms with van der Waals surface area (Å²) < 4.78 is 0. The van der Waals surface area contributed by atoms with Crippen molar-refractivity contribution in [1.29, 1.82) is 0 Å². The fourth-order valence-electron chi connectivity index (χ4n) is 2.83. The van der Waals surface area contributed by atoms with Crippen LogP contribution >= 0.6 is 0 Å². The van der Waals surface area contributed by atoms with Gasteiger partial charge in [0.25, 0.3) is 0 Å². The summed E-state index contributed by atoms with van der Waals surface area (Å²) in [6.45, 7) is 0. The van der Waals surface area contributed by atoms with E-state index in [2.05, 4.69) is 5.73 Å². The molecule has 0 aliphatic heterocycles. The number of benzene rings is 3. The maximum absolute atomic E-state index is 10.8. The Morgan fingerprint density at radius 2 is 1.23 bits per heavy atom. The third kappa shape index (κ3) is 4.59. The summed E-state index contributed by atoms with van der Waals surface area (Å²) in [5.74, 6) is 0. The summed E-state index contributed by atoms with van der Waals surface area (Å²) in [5, 5.41) is 21.2. The van der Waals surface area contributed by atoms with Crippen LogP contribution in [0.5, 0.6) is 0 Å². The molecule has 0 saturated carbocycles.